The van der Waals surface area contributed by atoms with Gasteiger partial charge in [0.15, 0.2) is 0 Å². The van der Waals surface area contributed by atoms with Crippen molar-refractivity contribution in [3.8, 4) is 0 Å². The van der Waals surface area contributed by atoms with Gasteiger partial charge in [0.25, 0.3) is 11.8 Å². The topological polar surface area (TPSA) is 57.7 Å². The second-order valence-corrected chi connectivity index (χ2v) is 4.77. The molecule has 94 valence electrons. The molecule has 5 heteroatoms. The number of nitrogens with zero attached hydrogens (tertiary/aromatic N) is 2. The van der Waals surface area contributed by atoms with Crippen LogP contribution >= 0.6 is 0 Å². The van der Waals surface area contributed by atoms with Gasteiger partial charge in [0.1, 0.15) is 6.67 Å². The Labute approximate surface area is 105 Å². The molecule has 0 N–H and O–H groups in total. The van der Waals surface area contributed by atoms with Gasteiger partial charge in [-0.2, -0.15) is 0 Å². The Bertz CT molecular complexity index is 504. The van der Waals surface area contributed by atoms with E-state index in [4.69, 9.17) is 0 Å². The van der Waals surface area contributed by atoms with Crippen molar-refractivity contribution in [2.75, 3.05) is 13.2 Å². The molecule has 0 atom stereocenters. The summed E-state index contributed by atoms with van der Waals surface area (Å²) in [6.45, 7) is 0.744. The average Bonchev–Trinajstić information content (AvgIpc) is 2.89. The first kappa shape index (κ1) is 11.2. The third kappa shape index (κ3) is 1.58. The van der Waals surface area contributed by atoms with Crippen molar-refractivity contribution in [2.45, 2.75) is 25.7 Å². The molecule has 0 saturated carbocycles. The Kier molecular flexibility index (Phi) is 2.54. The lowest BCUT2D eigenvalue weighted by Crippen LogP contribution is -2.42. The molecule has 2 heterocycles. The molecule has 0 aromatic carbocycles. The number of likely N-dealkylation sites (tertiary alicyclic amines) is 1. The fourth-order valence-corrected chi connectivity index (χ4v) is 2.64. The Hall–Kier alpha value is -1.91. The van der Waals surface area contributed by atoms with Gasteiger partial charge in [-0.3, -0.25) is 19.3 Å². The highest BCUT2D eigenvalue weighted by Crippen LogP contribution is 2.29. The van der Waals surface area contributed by atoms with Crippen molar-refractivity contribution in [1.82, 2.24) is 9.80 Å². The zero-order chi connectivity index (χ0) is 12.7. The van der Waals surface area contributed by atoms with Crippen molar-refractivity contribution < 1.29 is 14.4 Å². The maximum absolute atomic E-state index is 12.1. The van der Waals surface area contributed by atoms with Crippen molar-refractivity contribution in [1.29, 1.82) is 0 Å². The monoisotopic (exact) mass is 246 g/mol. The van der Waals surface area contributed by atoms with E-state index in [1.165, 1.54) is 4.90 Å². The second kappa shape index (κ2) is 4.08. The molecular formula is C13H14N2O3. The van der Waals surface area contributed by atoms with Crippen LogP contribution in [0.15, 0.2) is 23.3 Å². The Balaban J connectivity index is 1.79. The minimum atomic E-state index is -0.259. The highest BCUT2D eigenvalue weighted by molar-refractivity contribution is 6.20. The Morgan fingerprint density at radius 1 is 1.11 bits per heavy atom. The summed E-state index contributed by atoms with van der Waals surface area (Å²) in [4.78, 5) is 38.5. The number of hydrogen-bond donors (Lipinski definition) is 0. The second-order valence-electron chi connectivity index (χ2n) is 4.77. The van der Waals surface area contributed by atoms with E-state index in [0.717, 1.165) is 12.8 Å². The predicted octanol–water partition coefficient (Wildman–Crippen LogP) is 0.582. The van der Waals surface area contributed by atoms with Crippen molar-refractivity contribution in [3.05, 3.63) is 23.3 Å². The smallest absolute Gasteiger partial charge is 0.262 e. The summed E-state index contributed by atoms with van der Waals surface area (Å²) < 4.78 is 0. The number of carbonyl (C=O) groups excluding carboxylic acids is 3. The Morgan fingerprint density at radius 2 is 1.94 bits per heavy atom. The van der Waals surface area contributed by atoms with Crippen LogP contribution in [0.2, 0.25) is 0 Å². The lowest BCUT2D eigenvalue weighted by Gasteiger charge is -2.22. The van der Waals surface area contributed by atoms with E-state index < -0.39 is 0 Å². The van der Waals surface area contributed by atoms with Gasteiger partial charge < -0.3 is 4.90 Å². The zero-order valence-corrected chi connectivity index (χ0v) is 10.0. The largest absolute Gasteiger partial charge is 0.324 e. The fraction of sp³-hybridized carbons (Fsp3) is 0.462. The molecule has 5 nitrogen and oxygen atoms in total. The Morgan fingerprint density at radius 3 is 2.61 bits per heavy atom. The fourth-order valence-electron chi connectivity index (χ4n) is 2.64. The first-order chi connectivity index (χ1) is 8.68. The maximum Gasteiger partial charge on any atom is 0.262 e. The summed E-state index contributed by atoms with van der Waals surface area (Å²) in [5.74, 6) is -0.458. The van der Waals surface area contributed by atoms with Gasteiger partial charge in [-0.1, -0.05) is 12.2 Å². The molecule has 3 aliphatic rings. The molecular weight excluding hydrogens is 232 g/mol. The van der Waals surface area contributed by atoms with Gasteiger partial charge in [0.2, 0.25) is 5.91 Å². The standard InChI is InChI=1S/C13H14N2O3/c16-11-6-3-7-14(11)8-15-12(17)9-4-1-2-5-10(9)13(15)18/h1,4H,2-3,5-8H2. The number of imide groups is 1. The van der Waals surface area contributed by atoms with Gasteiger partial charge >= 0.3 is 0 Å². The van der Waals surface area contributed by atoms with Crippen LogP contribution in [-0.2, 0) is 14.4 Å². The van der Waals surface area contributed by atoms with Gasteiger partial charge in [-0.05, 0) is 19.3 Å². The van der Waals surface area contributed by atoms with E-state index >= 15 is 0 Å². The molecule has 0 bridgehead atoms. The summed E-state index contributed by atoms with van der Waals surface area (Å²) in [5, 5.41) is 0. The van der Waals surface area contributed by atoms with Gasteiger partial charge in [0, 0.05) is 24.1 Å². The summed E-state index contributed by atoms with van der Waals surface area (Å²) in [6, 6.07) is 0. The number of hydrogen-bond acceptors (Lipinski definition) is 3. The van der Waals surface area contributed by atoms with E-state index in [1.54, 1.807) is 11.0 Å². The predicted molar refractivity (Wildman–Crippen MR) is 63.1 cm³/mol. The lowest BCUT2D eigenvalue weighted by atomic mass is 10.00. The summed E-state index contributed by atoms with van der Waals surface area (Å²) in [7, 11) is 0. The molecule has 0 unspecified atom stereocenters. The van der Waals surface area contributed by atoms with Gasteiger partial charge in [-0.15, -0.1) is 0 Å². The molecule has 0 spiro atoms. The summed E-state index contributed by atoms with van der Waals surface area (Å²) in [5.41, 5.74) is 1.12. The van der Waals surface area contributed by atoms with E-state index in [0.29, 0.717) is 30.5 Å². The van der Waals surface area contributed by atoms with Crippen molar-refractivity contribution >= 4 is 17.7 Å². The third-order valence-electron chi connectivity index (χ3n) is 3.63. The van der Waals surface area contributed by atoms with E-state index in [1.807, 2.05) is 6.08 Å². The number of amides is 3. The van der Waals surface area contributed by atoms with Crippen LogP contribution < -0.4 is 0 Å². The summed E-state index contributed by atoms with van der Waals surface area (Å²) in [6.07, 6.45) is 6.39. The minimum absolute atomic E-state index is 0.0241. The normalized spacial score (nSPS) is 23.4. The molecule has 2 aliphatic heterocycles. The molecule has 3 amide bonds. The van der Waals surface area contributed by atoms with E-state index in [-0.39, 0.29) is 24.4 Å². The first-order valence-electron chi connectivity index (χ1n) is 6.22. The molecule has 1 saturated heterocycles. The van der Waals surface area contributed by atoms with Crippen molar-refractivity contribution in [2.24, 2.45) is 0 Å². The number of carbonyl (C=O) groups is 3. The number of rotatable bonds is 2. The molecule has 18 heavy (non-hydrogen) atoms. The van der Waals surface area contributed by atoms with Crippen molar-refractivity contribution in [3.63, 3.8) is 0 Å². The van der Waals surface area contributed by atoms with Crippen LogP contribution in [0.25, 0.3) is 0 Å². The summed E-state index contributed by atoms with van der Waals surface area (Å²) >= 11 is 0. The van der Waals surface area contributed by atoms with Crippen LogP contribution in [0.4, 0.5) is 0 Å². The zero-order valence-electron chi connectivity index (χ0n) is 10.0. The van der Waals surface area contributed by atoms with Crippen LogP contribution in [-0.4, -0.2) is 40.7 Å². The quantitative estimate of drug-likeness (QED) is 0.670. The van der Waals surface area contributed by atoms with Crippen LogP contribution in [0.3, 0.4) is 0 Å². The van der Waals surface area contributed by atoms with E-state index in [2.05, 4.69) is 0 Å². The molecule has 0 aromatic rings. The molecule has 0 radical (unpaired) electrons. The van der Waals surface area contributed by atoms with Gasteiger partial charge in [-0.25, -0.2) is 0 Å². The maximum atomic E-state index is 12.1. The molecule has 3 rings (SSSR count). The minimum Gasteiger partial charge on any atom is -0.324 e. The van der Waals surface area contributed by atoms with E-state index in [9.17, 15) is 14.4 Å². The molecule has 0 aromatic heterocycles. The third-order valence-corrected chi connectivity index (χ3v) is 3.63. The average molecular weight is 246 g/mol. The highest BCUT2D eigenvalue weighted by atomic mass is 16.2. The molecule has 1 fully saturated rings. The number of allylic oxidation sites excluding steroid dienone is 1. The van der Waals surface area contributed by atoms with Crippen LogP contribution in [0.5, 0.6) is 0 Å². The SMILES string of the molecule is O=C1CCCN1CN1C(=O)C2=C(CCC=C2)C1=O. The lowest BCUT2D eigenvalue weighted by molar-refractivity contribution is -0.142. The van der Waals surface area contributed by atoms with Crippen LogP contribution in [0.1, 0.15) is 25.7 Å². The van der Waals surface area contributed by atoms with Crippen LogP contribution in [0, 0.1) is 0 Å². The molecule has 1 aliphatic carbocycles. The van der Waals surface area contributed by atoms with Gasteiger partial charge in [0.05, 0.1) is 0 Å². The highest BCUT2D eigenvalue weighted by Gasteiger charge is 2.39. The first-order valence-corrected chi connectivity index (χ1v) is 6.22.